The van der Waals surface area contributed by atoms with Crippen molar-refractivity contribution in [3.8, 4) is 5.75 Å². The molecule has 0 saturated heterocycles. The third kappa shape index (κ3) is 4.33. The molecule has 1 amide bonds. The number of ether oxygens (including phenoxy) is 1. The summed E-state index contributed by atoms with van der Waals surface area (Å²) in [5.41, 5.74) is 7.27. The minimum Gasteiger partial charge on any atom is -0.422 e. The predicted octanol–water partition coefficient (Wildman–Crippen LogP) is 0.909. The molecule has 10 nitrogen and oxygen atoms in total. The van der Waals surface area contributed by atoms with Crippen LogP contribution in [0.3, 0.4) is 0 Å². The van der Waals surface area contributed by atoms with Crippen LogP contribution < -0.4 is 26.1 Å². The van der Waals surface area contributed by atoms with Gasteiger partial charge in [-0.25, -0.2) is 22.7 Å². The summed E-state index contributed by atoms with van der Waals surface area (Å²) in [6, 6.07) is 4.78. The Hall–Kier alpha value is -3.15. The van der Waals surface area contributed by atoms with Crippen LogP contribution in [-0.2, 0) is 16.4 Å². The zero-order chi connectivity index (χ0) is 23.0. The monoisotopic (exact) mass is 448 g/mol. The molecule has 31 heavy (non-hydrogen) atoms. The van der Waals surface area contributed by atoms with E-state index in [1.807, 2.05) is 0 Å². The third-order valence-electron chi connectivity index (χ3n) is 4.93. The summed E-state index contributed by atoms with van der Waals surface area (Å²) >= 11 is 0. The molecule has 0 spiro atoms. The fraction of sp³-hybridized carbons (Fsp3) is 0.300. The van der Waals surface area contributed by atoms with Crippen molar-refractivity contribution >= 4 is 27.1 Å². The summed E-state index contributed by atoms with van der Waals surface area (Å²) in [7, 11) is 0.503. The highest BCUT2D eigenvalue weighted by Gasteiger charge is 2.37. The van der Waals surface area contributed by atoms with Crippen LogP contribution in [0.15, 0.2) is 51.3 Å². The smallest absolute Gasteiger partial charge is 0.414 e. The molecule has 0 saturated carbocycles. The average Bonchev–Trinajstić information content (AvgIpc) is 2.70. The van der Waals surface area contributed by atoms with Crippen LogP contribution >= 0.6 is 0 Å². The minimum absolute atomic E-state index is 0.123. The second-order valence-electron chi connectivity index (χ2n) is 7.29. The van der Waals surface area contributed by atoms with E-state index in [4.69, 9.17) is 14.9 Å². The molecule has 1 aromatic carbocycles. The highest BCUT2D eigenvalue weighted by atomic mass is 32.2. The van der Waals surface area contributed by atoms with Gasteiger partial charge in [-0.3, -0.25) is 5.73 Å². The number of sulfonamides is 1. The number of fused-ring (bicyclic) bond motifs is 1. The van der Waals surface area contributed by atoms with Gasteiger partial charge in [0, 0.05) is 37.5 Å². The largest absolute Gasteiger partial charge is 0.422 e. The predicted molar refractivity (Wildman–Crippen MR) is 116 cm³/mol. The Morgan fingerprint density at radius 2 is 2.06 bits per heavy atom. The fourth-order valence-electron chi connectivity index (χ4n) is 3.12. The van der Waals surface area contributed by atoms with Gasteiger partial charge in [-0.1, -0.05) is 0 Å². The number of aryl methyl sites for hydroxylation is 1. The van der Waals surface area contributed by atoms with Crippen molar-refractivity contribution in [3.63, 3.8) is 0 Å². The van der Waals surface area contributed by atoms with Gasteiger partial charge < -0.3 is 19.4 Å². The summed E-state index contributed by atoms with van der Waals surface area (Å²) < 4.78 is 37.3. The van der Waals surface area contributed by atoms with Gasteiger partial charge in [0.25, 0.3) is 10.0 Å². The molecule has 1 aliphatic heterocycles. The molecule has 11 heteroatoms. The lowest BCUT2D eigenvalue weighted by Gasteiger charge is -2.29. The van der Waals surface area contributed by atoms with E-state index in [2.05, 4.69) is 10.0 Å². The average molecular weight is 449 g/mol. The normalized spacial score (nSPS) is 18.4. The number of dihydropyridines is 1. The molecule has 0 fully saturated rings. The van der Waals surface area contributed by atoms with E-state index in [-0.39, 0.29) is 17.8 Å². The Bertz CT molecular complexity index is 1260. The van der Waals surface area contributed by atoms with Crippen LogP contribution in [0.2, 0.25) is 0 Å². The lowest BCUT2D eigenvalue weighted by atomic mass is 9.98. The molecule has 166 valence electrons. The highest BCUT2D eigenvalue weighted by Crippen LogP contribution is 2.26. The van der Waals surface area contributed by atoms with Crippen molar-refractivity contribution in [1.29, 1.82) is 0 Å². The Morgan fingerprint density at radius 3 is 2.71 bits per heavy atom. The van der Waals surface area contributed by atoms with E-state index in [1.165, 1.54) is 30.3 Å². The number of nitrogens with zero attached hydrogens (tertiary/aromatic N) is 1. The number of carbonyl (C=O) groups excluding carboxylic acids is 1. The van der Waals surface area contributed by atoms with E-state index < -0.39 is 26.7 Å². The molecule has 2 heterocycles. The maximum atomic E-state index is 12.7. The number of rotatable bonds is 5. The molecule has 1 aromatic heterocycles. The Morgan fingerprint density at radius 1 is 1.35 bits per heavy atom. The first kappa shape index (κ1) is 22.5. The maximum absolute atomic E-state index is 12.7. The van der Waals surface area contributed by atoms with E-state index in [9.17, 15) is 18.0 Å². The minimum atomic E-state index is -3.88. The van der Waals surface area contributed by atoms with E-state index in [1.54, 1.807) is 39.2 Å². The van der Waals surface area contributed by atoms with Crippen LogP contribution in [0.5, 0.6) is 5.75 Å². The molecule has 3 rings (SSSR count). The molecule has 4 N–H and O–H groups in total. The van der Waals surface area contributed by atoms with Gasteiger partial charge in [-0.15, -0.1) is 0 Å². The number of allylic oxidation sites excluding steroid dienone is 2. The number of benzene rings is 1. The third-order valence-corrected chi connectivity index (χ3v) is 6.59. The zero-order valence-electron chi connectivity index (χ0n) is 17.6. The number of amides is 1. The SMILES string of the molecule is CNS(=O)(=O)C1(N)C=C(Cc2c(C)c3ccc(OC(=O)N(C)C)cc3oc2=O)C=CN1. The van der Waals surface area contributed by atoms with E-state index in [0.29, 0.717) is 22.1 Å². The Balaban J connectivity index is 1.98. The summed E-state index contributed by atoms with van der Waals surface area (Å²) in [5, 5.41) is 3.28. The van der Waals surface area contributed by atoms with Crippen molar-refractivity contribution in [2.45, 2.75) is 18.3 Å². The number of hydrogen-bond acceptors (Lipinski definition) is 8. The van der Waals surface area contributed by atoms with Crippen LogP contribution in [-0.4, -0.2) is 45.5 Å². The number of carbonyl (C=O) groups is 1. The molecule has 1 aliphatic rings. The van der Waals surface area contributed by atoms with Gasteiger partial charge in [0.15, 0.2) is 0 Å². The highest BCUT2D eigenvalue weighted by molar-refractivity contribution is 7.91. The van der Waals surface area contributed by atoms with Gasteiger partial charge in [0.05, 0.1) is 0 Å². The lowest BCUT2D eigenvalue weighted by Crippen LogP contribution is -2.60. The van der Waals surface area contributed by atoms with Gasteiger partial charge in [0.2, 0.25) is 4.99 Å². The first-order valence-electron chi connectivity index (χ1n) is 9.31. The van der Waals surface area contributed by atoms with Crippen LogP contribution in [0.25, 0.3) is 11.0 Å². The molecule has 0 aliphatic carbocycles. The summed E-state index contributed by atoms with van der Waals surface area (Å²) in [6.45, 7) is 1.77. The van der Waals surface area contributed by atoms with Gasteiger partial charge >= 0.3 is 11.7 Å². The van der Waals surface area contributed by atoms with Crippen molar-refractivity contribution in [3.05, 3.63) is 63.7 Å². The quantitative estimate of drug-likeness (QED) is 0.573. The number of hydrogen-bond donors (Lipinski definition) is 3. The Labute approximate surface area is 179 Å². The van der Waals surface area contributed by atoms with Gasteiger partial charge in [-0.05, 0) is 55.6 Å². The fourth-order valence-corrected chi connectivity index (χ4v) is 3.98. The molecular weight excluding hydrogens is 424 g/mol. The molecule has 2 aromatic rings. The molecule has 0 bridgehead atoms. The zero-order valence-corrected chi connectivity index (χ0v) is 18.4. The lowest BCUT2D eigenvalue weighted by molar-refractivity contribution is 0.172. The van der Waals surface area contributed by atoms with Crippen molar-refractivity contribution in [2.24, 2.45) is 5.73 Å². The summed E-state index contributed by atoms with van der Waals surface area (Å²) in [6.07, 6.45) is 3.99. The number of nitrogens with two attached hydrogens (primary N) is 1. The standard InChI is InChI=1S/C20H24N4O6S/c1-12-15-6-5-14(29-19(26)24(3)4)10-17(15)30-18(25)16(12)9-13-7-8-23-20(21,11-13)31(27,28)22-2/h5-8,10-11,22-23H,9,21H2,1-4H3. The van der Waals surface area contributed by atoms with Crippen LogP contribution in [0.4, 0.5) is 4.79 Å². The van der Waals surface area contributed by atoms with E-state index >= 15 is 0 Å². The summed E-state index contributed by atoms with van der Waals surface area (Å²) in [4.78, 5) is 23.8. The van der Waals surface area contributed by atoms with Gasteiger partial charge in [0.1, 0.15) is 11.3 Å². The van der Waals surface area contributed by atoms with Crippen molar-refractivity contribution < 1.29 is 22.4 Å². The topological polar surface area (TPSA) is 144 Å². The van der Waals surface area contributed by atoms with Gasteiger partial charge in [-0.2, -0.15) is 0 Å². The number of nitrogens with one attached hydrogen (secondary N) is 2. The Kier molecular flexibility index (Phi) is 5.94. The van der Waals surface area contributed by atoms with Crippen LogP contribution in [0, 0.1) is 6.92 Å². The van der Waals surface area contributed by atoms with Crippen LogP contribution in [0.1, 0.15) is 11.1 Å². The van der Waals surface area contributed by atoms with Crippen molar-refractivity contribution in [2.75, 3.05) is 21.1 Å². The second-order valence-corrected chi connectivity index (χ2v) is 9.38. The molecule has 0 radical (unpaired) electrons. The maximum Gasteiger partial charge on any atom is 0.414 e. The molecular formula is C20H24N4O6S. The van der Waals surface area contributed by atoms with Crippen molar-refractivity contribution in [1.82, 2.24) is 14.9 Å². The molecule has 1 unspecified atom stereocenters. The van der Waals surface area contributed by atoms with E-state index in [0.717, 1.165) is 0 Å². The molecule has 1 atom stereocenters. The first-order chi connectivity index (χ1) is 14.5. The second kappa shape index (κ2) is 8.17. The first-order valence-corrected chi connectivity index (χ1v) is 10.8. The summed E-state index contributed by atoms with van der Waals surface area (Å²) in [5.74, 6) is 0.246.